The number of carbonyl (C=O) groups excluding carboxylic acids is 4. The SMILES string of the molecule is CC(=O)Nc1cc(NC(C)=O)cc(C(=O)OCC(=O)c2ccccc2Br)c1. The smallest absolute Gasteiger partial charge is 0.338 e. The lowest BCUT2D eigenvalue weighted by Gasteiger charge is -2.11. The first-order valence-electron chi connectivity index (χ1n) is 7.91. The number of nitrogens with one attached hydrogen (secondary N) is 2. The Bertz CT molecular complexity index is 876. The van der Waals surface area contributed by atoms with Gasteiger partial charge in [-0.3, -0.25) is 14.4 Å². The van der Waals surface area contributed by atoms with Crippen molar-refractivity contribution in [2.45, 2.75) is 13.8 Å². The lowest BCUT2D eigenvalue weighted by atomic mass is 10.1. The highest BCUT2D eigenvalue weighted by molar-refractivity contribution is 9.10. The summed E-state index contributed by atoms with van der Waals surface area (Å²) < 4.78 is 5.69. The first-order valence-corrected chi connectivity index (χ1v) is 8.70. The molecule has 0 bridgehead atoms. The summed E-state index contributed by atoms with van der Waals surface area (Å²) in [5.41, 5.74) is 1.12. The van der Waals surface area contributed by atoms with Crippen LogP contribution in [0.1, 0.15) is 34.6 Å². The van der Waals surface area contributed by atoms with Gasteiger partial charge in [0.1, 0.15) is 0 Å². The van der Waals surface area contributed by atoms with E-state index in [9.17, 15) is 19.2 Å². The van der Waals surface area contributed by atoms with E-state index >= 15 is 0 Å². The molecular formula is C19H17BrN2O5. The lowest BCUT2D eigenvalue weighted by molar-refractivity contribution is -0.115. The summed E-state index contributed by atoms with van der Waals surface area (Å²) in [4.78, 5) is 47.1. The van der Waals surface area contributed by atoms with Crippen molar-refractivity contribution in [3.05, 3.63) is 58.1 Å². The Morgan fingerprint density at radius 1 is 0.926 bits per heavy atom. The zero-order valence-electron chi connectivity index (χ0n) is 14.7. The van der Waals surface area contributed by atoms with Crippen LogP contribution in [0.5, 0.6) is 0 Å². The number of esters is 1. The summed E-state index contributed by atoms with van der Waals surface area (Å²) in [5, 5.41) is 5.08. The van der Waals surface area contributed by atoms with Gasteiger partial charge in [0.05, 0.1) is 5.56 Å². The molecule has 2 N–H and O–H groups in total. The molecule has 0 fully saturated rings. The van der Waals surface area contributed by atoms with Crippen LogP contribution in [0, 0.1) is 0 Å². The molecule has 8 heteroatoms. The van der Waals surface area contributed by atoms with Gasteiger partial charge in [-0.1, -0.05) is 34.1 Å². The second kappa shape index (κ2) is 9.09. The monoisotopic (exact) mass is 432 g/mol. The van der Waals surface area contributed by atoms with Crippen molar-refractivity contribution in [3.63, 3.8) is 0 Å². The number of rotatable bonds is 6. The maximum atomic E-state index is 12.3. The van der Waals surface area contributed by atoms with Crippen molar-refractivity contribution in [2.75, 3.05) is 17.2 Å². The van der Waals surface area contributed by atoms with E-state index in [1.807, 2.05) is 0 Å². The molecule has 0 unspecified atom stereocenters. The average molecular weight is 433 g/mol. The molecular weight excluding hydrogens is 416 g/mol. The average Bonchev–Trinajstić information content (AvgIpc) is 2.58. The molecule has 7 nitrogen and oxygen atoms in total. The van der Waals surface area contributed by atoms with E-state index in [1.165, 1.54) is 32.0 Å². The highest BCUT2D eigenvalue weighted by atomic mass is 79.9. The molecule has 0 saturated carbocycles. The zero-order chi connectivity index (χ0) is 20.0. The number of halogens is 1. The van der Waals surface area contributed by atoms with Crippen molar-refractivity contribution >= 4 is 50.9 Å². The van der Waals surface area contributed by atoms with E-state index < -0.39 is 12.6 Å². The molecule has 2 amide bonds. The molecule has 0 aliphatic rings. The third-order valence-electron chi connectivity index (χ3n) is 3.32. The maximum absolute atomic E-state index is 12.3. The normalized spacial score (nSPS) is 10.0. The van der Waals surface area contributed by atoms with Gasteiger partial charge < -0.3 is 15.4 Å². The number of anilines is 2. The topological polar surface area (TPSA) is 102 Å². The summed E-state index contributed by atoms with van der Waals surface area (Å²) in [6, 6.07) is 11.1. The molecule has 0 aliphatic carbocycles. The molecule has 27 heavy (non-hydrogen) atoms. The molecule has 2 aromatic rings. The third kappa shape index (κ3) is 6.03. The predicted molar refractivity (Wildman–Crippen MR) is 104 cm³/mol. The standard InChI is InChI=1S/C19H17BrN2O5/c1-11(23)21-14-7-13(8-15(9-14)22-12(2)24)19(26)27-10-18(25)16-5-3-4-6-17(16)20/h3-9H,10H2,1-2H3,(H,21,23)(H,22,24). The van der Waals surface area contributed by atoms with Gasteiger partial charge in [0.2, 0.25) is 17.6 Å². The molecule has 0 heterocycles. The Morgan fingerprint density at radius 3 is 2.00 bits per heavy atom. The van der Waals surface area contributed by atoms with Crippen molar-refractivity contribution in [2.24, 2.45) is 0 Å². The Kier molecular flexibility index (Phi) is 6.84. The number of hydrogen-bond acceptors (Lipinski definition) is 5. The number of carbonyl (C=O) groups is 4. The first-order chi connectivity index (χ1) is 12.8. The van der Waals surface area contributed by atoms with Gasteiger partial charge in [-0.25, -0.2) is 4.79 Å². The van der Waals surface area contributed by atoms with E-state index in [2.05, 4.69) is 26.6 Å². The van der Waals surface area contributed by atoms with Crippen LogP contribution in [0.4, 0.5) is 11.4 Å². The second-order valence-electron chi connectivity index (χ2n) is 5.64. The minimum atomic E-state index is -0.755. The second-order valence-corrected chi connectivity index (χ2v) is 6.49. The summed E-state index contributed by atoms with van der Waals surface area (Å²) in [5.74, 6) is -1.79. The van der Waals surface area contributed by atoms with Crippen molar-refractivity contribution in [3.8, 4) is 0 Å². The number of Topliss-reactive ketones (excluding diaryl/α,β-unsaturated/α-hetero) is 1. The minimum absolute atomic E-state index is 0.0879. The van der Waals surface area contributed by atoms with Gasteiger partial charge in [-0.05, 0) is 24.3 Å². The fourth-order valence-corrected chi connectivity index (χ4v) is 2.78. The fourth-order valence-electron chi connectivity index (χ4n) is 2.28. The molecule has 140 valence electrons. The molecule has 0 spiro atoms. The van der Waals surface area contributed by atoms with Crippen LogP contribution in [0.25, 0.3) is 0 Å². The highest BCUT2D eigenvalue weighted by Gasteiger charge is 2.15. The number of hydrogen-bond donors (Lipinski definition) is 2. The molecule has 0 aromatic heterocycles. The summed E-state index contributed by atoms with van der Waals surface area (Å²) in [6.45, 7) is 2.19. The maximum Gasteiger partial charge on any atom is 0.338 e. The molecule has 2 aromatic carbocycles. The van der Waals surface area contributed by atoms with Crippen LogP contribution >= 0.6 is 15.9 Å². The van der Waals surface area contributed by atoms with E-state index in [1.54, 1.807) is 24.3 Å². The Hall–Kier alpha value is -3.00. The van der Waals surface area contributed by atoms with E-state index in [0.717, 1.165) is 0 Å². The zero-order valence-corrected chi connectivity index (χ0v) is 16.3. The Balaban J connectivity index is 2.16. The van der Waals surface area contributed by atoms with E-state index in [-0.39, 0.29) is 23.2 Å². The molecule has 0 aliphatic heterocycles. The van der Waals surface area contributed by atoms with Crippen LogP contribution in [-0.4, -0.2) is 30.2 Å². The fraction of sp³-hybridized carbons (Fsp3) is 0.158. The van der Waals surface area contributed by atoms with Crippen LogP contribution in [0.3, 0.4) is 0 Å². The van der Waals surface area contributed by atoms with E-state index in [4.69, 9.17) is 4.74 Å². The molecule has 2 rings (SSSR count). The van der Waals surface area contributed by atoms with Gasteiger partial charge >= 0.3 is 5.97 Å². The number of ketones is 1. The lowest BCUT2D eigenvalue weighted by Crippen LogP contribution is -2.16. The highest BCUT2D eigenvalue weighted by Crippen LogP contribution is 2.21. The third-order valence-corrected chi connectivity index (χ3v) is 4.01. The van der Waals surface area contributed by atoms with Crippen LogP contribution in [-0.2, 0) is 14.3 Å². The number of ether oxygens (including phenoxy) is 1. The van der Waals surface area contributed by atoms with Gasteiger partial charge in [-0.2, -0.15) is 0 Å². The van der Waals surface area contributed by atoms with Gasteiger partial charge in [0, 0.05) is 35.3 Å². The Morgan fingerprint density at radius 2 is 1.48 bits per heavy atom. The molecule has 0 saturated heterocycles. The Labute approximate surface area is 164 Å². The summed E-state index contributed by atoms with van der Waals surface area (Å²) in [6.07, 6.45) is 0. The number of benzene rings is 2. The van der Waals surface area contributed by atoms with Gasteiger partial charge in [-0.15, -0.1) is 0 Å². The first kappa shape index (κ1) is 20.3. The van der Waals surface area contributed by atoms with Crippen LogP contribution in [0.15, 0.2) is 46.9 Å². The predicted octanol–water partition coefficient (Wildman–Crippen LogP) is 3.41. The van der Waals surface area contributed by atoms with Crippen molar-refractivity contribution in [1.29, 1.82) is 0 Å². The number of amides is 2. The van der Waals surface area contributed by atoms with E-state index in [0.29, 0.717) is 21.4 Å². The van der Waals surface area contributed by atoms with Gasteiger partial charge in [0.25, 0.3) is 0 Å². The van der Waals surface area contributed by atoms with Crippen molar-refractivity contribution in [1.82, 2.24) is 0 Å². The van der Waals surface area contributed by atoms with Crippen LogP contribution < -0.4 is 10.6 Å². The van der Waals surface area contributed by atoms with Crippen molar-refractivity contribution < 1.29 is 23.9 Å². The summed E-state index contributed by atoms with van der Waals surface area (Å²) in [7, 11) is 0. The molecule has 0 radical (unpaired) electrons. The van der Waals surface area contributed by atoms with Crippen LogP contribution in [0.2, 0.25) is 0 Å². The largest absolute Gasteiger partial charge is 0.454 e. The van der Waals surface area contributed by atoms with Gasteiger partial charge in [0.15, 0.2) is 6.61 Å². The quantitative estimate of drug-likeness (QED) is 0.537. The minimum Gasteiger partial charge on any atom is -0.454 e. The molecule has 0 atom stereocenters. The summed E-state index contributed by atoms with van der Waals surface area (Å²) >= 11 is 3.27.